The van der Waals surface area contributed by atoms with E-state index < -0.39 is 5.41 Å². The molecule has 0 fully saturated rings. The van der Waals surface area contributed by atoms with Crippen LogP contribution in [0.1, 0.15) is 25.6 Å². The van der Waals surface area contributed by atoms with E-state index in [2.05, 4.69) is 60.6 Å². The van der Waals surface area contributed by atoms with Gasteiger partial charge in [-0.3, -0.25) is 19.9 Å². The molecule has 0 saturated heterocycles. The van der Waals surface area contributed by atoms with E-state index in [1.165, 1.54) is 9.75 Å². The number of aryl methyl sites for hydroxylation is 1. The van der Waals surface area contributed by atoms with Gasteiger partial charge in [0.25, 0.3) is 0 Å². The van der Waals surface area contributed by atoms with Crippen LogP contribution >= 0.6 is 11.3 Å². The highest BCUT2D eigenvalue weighted by Gasteiger charge is 2.21. The Balaban J connectivity index is 1.40. The van der Waals surface area contributed by atoms with E-state index in [0.717, 1.165) is 50.1 Å². The summed E-state index contributed by atoms with van der Waals surface area (Å²) in [7, 11) is 0. The summed E-state index contributed by atoms with van der Waals surface area (Å²) in [6.07, 6.45) is 6.97. The highest BCUT2D eigenvalue weighted by molar-refractivity contribution is 7.15. The maximum absolute atomic E-state index is 12.4. The SMILES string of the molecule is Cc1ccc(-c2ccnc3[nH]c(-c4n[nH]c5cnc(-c6cncc(NC(=O)C(C)(C)C)c6)cc45)cc23)s1. The molecule has 6 heterocycles. The van der Waals surface area contributed by atoms with Crippen LogP contribution in [-0.2, 0) is 4.79 Å². The van der Waals surface area contributed by atoms with Gasteiger partial charge in [0.2, 0.25) is 5.91 Å². The van der Waals surface area contributed by atoms with Gasteiger partial charge in [-0.05, 0) is 43.3 Å². The number of fused-ring (bicyclic) bond motifs is 2. The fourth-order valence-corrected chi connectivity index (χ4v) is 5.10. The maximum Gasteiger partial charge on any atom is 0.229 e. The molecule has 3 N–H and O–H groups in total. The van der Waals surface area contributed by atoms with Crippen molar-refractivity contribution < 1.29 is 4.79 Å². The number of carbonyl (C=O) groups is 1. The Morgan fingerprint density at radius 1 is 1.00 bits per heavy atom. The van der Waals surface area contributed by atoms with E-state index in [0.29, 0.717) is 5.69 Å². The minimum atomic E-state index is -0.504. The molecule has 6 aromatic heterocycles. The van der Waals surface area contributed by atoms with Gasteiger partial charge >= 0.3 is 0 Å². The van der Waals surface area contributed by atoms with Crippen molar-refractivity contribution in [1.29, 1.82) is 0 Å². The van der Waals surface area contributed by atoms with Gasteiger partial charge in [-0.15, -0.1) is 11.3 Å². The second-order valence-electron chi connectivity index (χ2n) is 10.1. The second kappa shape index (κ2) is 8.63. The van der Waals surface area contributed by atoms with Crippen LogP contribution in [0.25, 0.3) is 55.0 Å². The number of hydrogen-bond acceptors (Lipinski definition) is 6. The maximum atomic E-state index is 12.4. The Morgan fingerprint density at radius 2 is 1.86 bits per heavy atom. The Bertz CT molecular complexity index is 1790. The number of rotatable bonds is 4. The molecule has 8 nitrogen and oxygen atoms in total. The Hall–Kier alpha value is -4.37. The number of amides is 1. The lowest BCUT2D eigenvalue weighted by Crippen LogP contribution is -2.27. The zero-order valence-corrected chi connectivity index (χ0v) is 21.7. The first kappa shape index (κ1) is 23.1. The van der Waals surface area contributed by atoms with Crippen LogP contribution in [0, 0.1) is 12.3 Å². The fraction of sp³-hybridized carbons (Fsp3) is 0.179. The zero-order valence-electron chi connectivity index (χ0n) is 20.9. The number of H-pyrrole nitrogens is 2. The molecule has 0 aliphatic heterocycles. The molecule has 0 aromatic carbocycles. The molecule has 0 aliphatic carbocycles. The third kappa shape index (κ3) is 4.27. The van der Waals surface area contributed by atoms with Crippen molar-refractivity contribution in [3.8, 4) is 33.1 Å². The number of carbonyl (C=O) groups excluding carboxylic acids is 1. The van der Waals surface area contributed by atoms with Crippen molar-refractivity contribution in [1.82, 2.24) is 30.1 Å². The molecule has 6 rings (SSSR count). The van der Waals surface area contributed by atoms with Crippen molar-refractivity contribution in [2.45, 2.75) is 27.7 Å². The molecule has 0 unspecified atom stereocenters. The van der Waals surface area contributed by atoms with Gasteiger partial charge < -0.3 is 10.3 Å². The third-order valence-corrected chi connectivity index (χ3v) is 7.25. The molecule has 1 amide bonds. The predicted octanol–water partition coefficient (Wildman–Crippen LogP) is 6.58. The summed E-state index contributed by atoms with van der Waals surface area (Å²) in [4.78, 5) is 31.8. The summed E-state index contributed by atoms with van der Waals surface area (Å²) in [5.74, 6) is -0.0727. The van der Waals surface area contributed by atoms with Gasteiger partial charge in [-0.25, -0.2) is 4.98 Å². The molecular weight excluding hydrogens is 482 g/mol. The molecule has 0 bridgehead atoms. The van der Waals surface area contributed by atoms with E-state index in [1.807, 2.05) is 45.2 Å². The van der Waals surface area contributed by atoms with Crippen LogP contribution in [-0.4, -0.2) is 36.0 Å². The Morgan fingerprint density at radius 3 is 2.65 bits per heavy atom. The molecule has 6 aromatic rings. The Labute approximate surface area is 217 Å². The monoisotopic (exact) mass is 507 g/mol. The first-order valence-electron chi connectivity index (χ1n) is 11.9. The molecule has 0 saturated carbocycles. The van der Waals surface area contributed by atoms with Crippen molar-refractivity contribution in [2.75, 3.05) is 5.32 Å². The fourth-order valence-electron chi connectivity index (χ4n) is 4.20. The topological polar surface area (TPSA) is 112 Å². The average Bonchev–Trinajstić information content (AvgIpc) is 3.60. The number of pyridine rings is 3. The molecule has 9 heteroatoms. The zero-order chi connectivity index (χ0) is 25.7. The van der Waals surface area contributed by atoms with Crippen LogP contribution in [0.5, 0.6) is 0 Å². The van der Waals surface area contributed by atoms with Crippen LogP contribution in [0.2, 0.25) is 0 Å². The summed E-state index contributed by atoms with van der Waals surface area (Å²) in [5, 5.41) is 12.6. The van der Waals surface area contributed by atoms with Gasteiger partial charge in [0.15, 0.2) is 0 Å². The summed E-state index contributed by atoms with van der Waals surface area (Å²) in [6, 6.07) is 12.3. The van der Waals surface area contributed by atoms with E-state index in [9.17, 15) is 4.79 Å². The minimum Gasteiger partial charge on any atom is -0.338 e. The summed E-state index contributed by atoms with van der Waals surface area (Å²) >= 11 is 1.77. The number of anilines is 1. The van der Waals surface area contributed by atoms with E-state index in [1.54, 1.807) is 29.9 Å². The summed E-state index contributed by atoms with van der Waals surface area (Å²) in [6.45, 7) is 7.73. The normalized spacial score (nSPS) is 11.9. The predicted molar refractivity (Wildman–Crippen MR) is 148 cm³/mol. The summed E-state index contributed by atoms with van der Waals surface area (Å²) < 4.78 is 0. The highest BCUT2D eigenvalue weighted by atomic mass is 32.1. The van der Waals surface area contributed by atoms with Gasteiger partial charge in [0, 0.05) is 49.5 Å². The standard InChI is InChI=1S/C28H25N7OS/c1-15-5-6-24(37-15)18-7-8-30-26-19(18)10-22(33-26)25-20-11-21(31-14-23(20)34-35-25)16-9-17(13-29-12-16)32-27(36)28(2,3)4/h5-14H,1-4H3,(H,30,33)(H,32,36)(H,34,35). The smallest absolute Gasteiger partial charge is 0.229 e. The number of nitrogens with one attached hydrogen (secondary N) is 3. The van der Waals surface area contributed by atoms with Gasteiger partial charge in [-0.2, -0.15) is 5.10 Å². The van der Waals surface area contributed by atoms with Crippen LogP contribution in [0.3, 0.4) is 0 Å². The number of hydrogen-bond donors (Lipinski definition) is 3. The van der Waals surface area contributed by atoms with E-state index in [-0.39, 0.29) is 5.91 Å². The van der Waals surface area contributed by atoms with E-state index in [4.69, 9.17) is 0 Å². The molecular formula is C28H25N7OS. The van der Waals surface area contributed by atoms with Crippen molar-refractivity contribution in [2.24, 2.45) is 5.41 Å². The number of thiophene rings is 1. The van der Waals surface area contributed by atoms with E-state index >= 15 is 0 Å². The lowest BCUT2D eigenvalue weighted by molar-refractivity contribution is -0.123. The molecule has 0 spiro atoms. The lowest BCUT2D eigenvalue weighted by atomic mass is 9.95. The number of aromatic nitrogens is 6. The first-order chi connectivity index (χ1) is 17.8. The largest absolute Gasteiger partial charge is 0.338 e. The molecule has 0 radical (unpaired) electrons. The second-order valence-corrected chi connectivity index (χ2v) is 11.4. The van der Waals surface area contributed by atoms with Crippen molar-refractivity contribution >= 4 is 44.9 Å². The van der Waals surface area contributed by atoms with Crippen molar-refractivity contribution in [3.63, 3.8) is 0 Å². The van der Waals surface area contributed by atoms with Gasteiger partial charge in [0.05, 0.1) is 35.0 Å². The lowest BCUT2D eigenvalue weighted by Gasteiger charge is -2.17. The highest BCUT2D eigenvalue weighted by Crippen LogP contribution is 2.36. The first-order valence-corrected chi connectivity index (χ1v) is 12.7. The third-order valence-electron chi connectivity index (χ3n) is 6.21. The molecule has 0 aliphatic rings. The average molecular weight is 508 g/mol. The number of aromatic amines is 2. The number of nitrogens with zero attached hydrogens (tertiary/aromatic N) is 4. The van der Waals surface area contributed by atoms with Crippen LogP contribution < -0.4 is 5.32 Å². The minimum absolute atomic E-state index is 0.0727. The van der Waals surface area contributed by atoms with Gasteiger partial charge in [0.1, 0.15) is 11.3 Å². The van der Waals surface area contributed by atoms with Crippen LogP contribution in [0.15, 0.2) is 61.2 Å². The Kier molecular flexibility index (Phi) is 5.38. The molecule has 37 heavy (non-hydrogen) atoms. The quantitative estimate of drug-likeness (QED) is 0.249. The molecule has 0 atom stereocenters. The van der Waals surface area contributed by atoms with Crippen molar-refractivity contribution in [3.05, 3.63) is 66.1 Å². The van der Waals surface area contributed by atoms with Gasteiger partial charge in [-0.1, -0.05) is 20.8 Å². The molecule has 184 valence electrons. The summed E-state index contributed by atoms with van der Waals surface area (Å²) in [5.41, 5.74) is 6.10. The van der Waals surface area contributed by atoms with Crippen LogP contribution in [0.4, 0.5) is 5.69 Å².